The van der Waals surface area contributed by atoms with Crippen LogP contribution in [-0.2, 0) is 9.92 Å². The minimum Gasteiger partial charge on any atom is -0.463 e. The predicted molar refractivity (Wildman–Crippen MR) is 110 cm³/mol. The Bertz CT molecular complexity index is 1320. The van der Waals surface area contributed by atoms with Crippen LogP contribution >= 0.6 is 0 Å². The van der Waals surface area contributed by atoms with Gasteiger partial charge in [-0.3, -0.25) is 9.89 Å². The molecule has 0 saturated carbocycles. The molecule has 1 aromatic carbocycles. The van der Waals surface area contributed by atoms with Gasteiger partial charge in [0.1, 0.15) is 0 Å². The fourth-order valence-corrected chi connectivity index (χ4v) is 4.21. The van der Waals surface area contributed by atoms with Gasteiger partial charge in [-0.1, -0.05) is 12.1 Å². The summed E-state index contributed by atoms with van der Waals surface area (Å²) in [4.78, 5) is 28.2. The Morgan fingerprint density at radius 1 is 1.27 bits per heavy atom. The summed E-state index contributed by atoms with van der Waals surface area (Å²) in [6, 6.07) is 11.5. The minimum absolute atomic E-state index is 0.0993. The molecule has 1 atom stereocenters. The van der Waals surface area contributed by atoms with E-state index in [0.29, 0.717) is 22.4 Å². The van der Waals surface area contributed by atoms with Crippen LogP contribution in [0.2, 0.25) is 0 Å². The summed E-state index contributed by atoms with van der Waals surface area (Å²) in [5.41, 5.74) is 1.83. The summed E-state index contributed by atoms with van der Waals surface area (Å²) < 4.78 is 18.7. The van der Waals surface area contributed by atoms with Crippen LogP contribution in [0.15, 0.2) is 56.6 Å². The standard InChI is InChI=1S/C19H18N6O4S/c1-12-17(14-6-4-13(10-20)5-7-14)18(26)25(22-12)16-9-8-15(11-21-16)30(29,24(2)3)23-19(27)28/h4-9,11,22H,1-3H3,(H,27,28). The van der Waals surface area contributed by atoms with Crippen LogP contribution < -0.4 is 5.56 Å². The highest BCUT2D eigenvalue weighted by atomic mass is 32.2. The SMILES string of the molecule is Cc1[nH]n(-c2ccc(S(=O)(=NC(=O)O)N(C)C)cn2)c(=O)c1-c1ccc(C#N)cc1. The van der Waals surface area contributed by atoms with E-state index in [4.69, 9.17) is 10.4 Å². The van der Waals surface area contributed by atoms with E-state index in [1.54, 1.807) is 31.2 Å². The van der Waals surface area contributed by atoms with Crippen molar-refractivity contribution in [2.45, 2.75) is 11.8 Å². The molecule has 0 aliphatic carbocycles. The van der Waals surface area contributed by atoms with Gasteiger partial charge in [0.05, 0.1) is 22.1 Å². The van der Waals surface area contributed by atoms with Crippen LogP contribution in [0, 0.1) is 18.3 Å². The first-order valence-electron chi connectivity index (χ1n) is 8.63. The molecule has 11 heteroatoms. The topological polar surface area (TPSA) is 144 Å². The summed E-state index contributed by atoms with van der Waals surface area (Å²) >= 11 is 0. The number of aromatic nitrogens is 3. The highest BCUT2D eigenvalue weighted by Gasteiger charge is 2.20. The second-order valence-corrected chi connectivity index (χ2v) is 8.85. The second kappa shape index (κ2) is 7.94. The van der Waals surface area contributed by atoms with E-state index in [2.05, 4.69) is 14.4 Å². The molecule has 0 radical (unpaired) electrons. The Balaban J connectivity index is 2.06. The number of H-pyrrole nitrogens is 1. The summed E-state index contributed by atoms with van der Waals surface area (Å²) in [6.45, 7) is 1.74. The van der Waals surface area contributed by atoms with E-state index < -0.39 is 16.0 Å². The third-order valence-electron chi connectivity index (χ3n) is 4.33. The smallest absolute Gasteiger partial charge is 0.440 e. The number of amides is 1. The molecule has 3 aromatic rings. The Hall–Kier alpha value is -3.75. The van der Waals surface area contributed by atoms with Gasteiger partial charge < -0.3 is 5.11 Å². The van der Waals surface area contributed by atoms with E-state index in [9.17, 15) is 13.8 Å². The lowest BCUT2D eigenvalue weighted by atomic mass is 10.1. The van der Waals surface area contributed by atoms with Gasteiger partial charge in [-0.05, 0) is 36.8 Å². The van der Waals surface area contributed by atoms with Crippen LogP contribution in [0.4, 0.5) is 4.79 Å². The van der Waals surface area contributed by atoms with E-state index >= 15 is 0 Å². The van der Waals surface area contributed by atoms with Crippen LogP contribution in [-0.4, -0.2) is 48.6 Å². The van der Waals surface area contributed by atoms with Crippen LogP contribution in [0.5, 0.6) is 0 Å². The Morgan fingerprint density at radius 3 is 2.43 bits per heavy atom. The summed E-state index contributed by atoms with van der Waals surface area (Å²) in [5.74, 6) is 0.238. The lowest BCUT2D eigenvalue weighted by molar-refractivity contribution is 0.206. The normalized spacial score (nSPS) is 12.9. The molecule has 0 spiro atoms. The zero-order chi connectivity index (χ0) is 22.1. The zero-order valence-electron chi connectivity index (χ0n) is 16.4. The largest absolute Gasteiger partial charge is 0.463 e. The van der Waals surface area contributed by atoms with E-state index in [-0.39, 0.29) is 16.3 Å². The molecule has 0 saturated heterocycles. The monoisotopic (exact) mass is 426 g/mol. The maximum absolute atomic E-state index is 12.9. The first kappa shape index (κ1) is 21.0. The molecule has 0 aliphatic heterocycles. The van der Waals surface area contributed by atoms with Crippen molar-refractivity contribution in [3.8, 4) is 23.0 Å². The third kappa shape index (κ3) is 3.73. The molecule has 10 nitrogen and oxygen atoms in total. The fourth-order valence-electron chi connectivity index (χ4n) is 2.87. The lowest BCUT2D eigenvalue weighted by Gasteiger charge is -2.16. The average Bonchev–Trinajstić information content (AvgIpc) is 3.01. The highest BCUT2D eigenvalue weighted by Crippen LogP contribution is 2.21. The molecule has 2 heterocycles. The maximum Gasteiger partial charge on any atom is 0.440 e. The highest BCUT2D eigenvalue weighted by molar-refractivity contribution is 7.91. The van der Waals surface area contributed by atoms with Gasteiger partial charge >= 0.3 is 6.09 Å². The van der Waals surface area contributed by atoms with Gasteiger partial charge in [-0.2, -0.15) is 5.26 Å². The lowest BCUT2D eigenvalue weighted by Crippen LogP contribution is -2.24. The fraction of sp³-hybridized carbons (Fsp3) is 0.158. The van der Waals surface area contributed by atoms with Gasteiger partial charge in [-0.15, -0.1) is 4.36 Å². The summed E-state index contributed by atoms with van der Waals surface area (Å²) in [5, 5.41) is 20.8. The molecule has 2 N–H and O–H groups in total. The number of hydrogen-bond acceptors (Lipinski definition) is 5. The molecular formula is C19H18N6O4S. The van der Waals surface area contributed by atoms with E-state index in [1.807, 2.05) is 6.07 Å². The molecule has 0 bridgehead atoms. The quantitative estimate of drug-likeness (QED) is 0.655. The van der Waals surface area contributed by atoms with Crippen molar-refractivity contribution < 1.29 is 14.1 Å². The van der Waals surface area contributed by atoms with Crippen molar-refractivity contribution in [2.75, 3.05) is 14.1 Å². The minimum atomic E-state index is -3.37. The van der Waals surface area contributed by atoms with Crippen LogP contribution in [0.25, 0.3) is 16.9 Å². The van der Waals surface area contributed by atoms with Gasteiger partial charge in [0.15, 0.2) is 15.7 Å². The van der Waals surface area contributed by atoms with E-state index in [0.717, 1.165) is 0 Å². The second-order valence-electron chi connectivity index (χ2n) is 6.48. The number of aromatic amines is 1. The van der Waals surface area contributed by atoms with Crippen molar-refractivity contribution in [2.24, 2.45) is 4.36 Å². The molecule has 30 heavy (non-hydrogen) atoms. The average molecular weight is 426 g/mol. The number of carbonyl (C=O) groups is 1. The van der Waals surface area contributed by atoms with E-state index in [1.165, 1.54) is 41.4 Å². The predicted octanol–water partition coefficient (Wildman–Crippen LogP) is 2.39. The van der Waals surface area contributed by atoms with Crippen LogP contribution in [0.3, 0.4) is 0 Å². The number of nitrogens with one attached hydrogen (secondary N) is 1. The molecular weight excluding hydrogens is 408 g/mol. The Morgan fingerprint density at radius 2 is 1.93 bits per heavy atom. The van der Waals surface area contributed by atoms with Crippen molar-refractivity contribution >= 4 is 16.0 Å². The molecule has 0 aliphatic rings. The number of pyridine rings is 1. The third-order valence-corrected chi connectivity index (χ3v) is 6.58. The molecule has 0 fully saturated rings. The first-order chi connectivity index (χ1) is 14.2. The molecule has 1 amide bonds. The van der Waals surface area contributed by atoms with Gasteiger partial charge in [-0.25, -0.2) is 23.0 Å². The number of carboxylic acid groups (broad SMARTS) is 1. The number of hydrogen-bond donors (Lipinski definition) is 2. The number of nitriles is 1. The number of rotatable bonds is 4. The van der Waals surface area contributed by atoms with Gasteiger partial charge in [0.25, 0.3) is 5.56 Å². The molecule has 2 aromatic heterocycles. The molecule has 154 valence electrons. The van der Waals surface area contributed by atoms with Crippen molar-refractivity contribution in [1.29, 1.82) is 5.26 Å². The van der Waals surface area contributed by atoms with Gasteiger partial charge in [0, 0.05) is 26.0 Å². The summed E-state index contributed by atoms with van der Waals surface area (Å²) in [7, 11) is -0.473. The number of benzene rings is 1. The number of aryl methyl sites for hydroxylation is 1. The molecule has 3 rings (SSSR count). The Kier molecular flexibility index (Phi) is 5.55. The Labute approximate surface area is 172 Å². The van der Waals surface area contributed by atoms with Crippen molar-refractivity contribution in [1.82, 2.24) is 19.1 Å². The summed E-state index contributed by atoms with van der Waals surface area (Å²) in [6.07, 6.45) is -0.324. The zero-order valence-corrected chi connectivity index (χ0v) is 17.2. The van der Waals surface area contributed by atoms with Crippen LogP contribution in [0.1, 0.15) is 11.3 Å². The number of nitrogens with zero attached hydrogens (tertiary/aromatic N) is 5. The molecule has 1 unspecified atom stereocenters. The first-order valence-corrected chi connectivity index (χ1v) is 10.1. The van der Waals surface area contributed by atoms with Crippen molar-refractivity contribution in [3.63, 3.8) is 0 Å². The van der Waals surface area contributed by atoms with Gasteiger partial charge in [0.2, 0.25) is 0 Å². The maximum atomic E-state index is 12.9. The van der Waals surface area contributed by atoms with Crippen molar-refractivity contribution in [3.05, 3.63) is 64.2 Å².